The molecule has 28 heavy (non-hydrogen) atoms. The molecule has 0 aliphatic carbocycles. The van der Waals surface area contributed by atoms with E-state index < -0.39 is 0 Å². The summed E-state index contributed by atoms with van der Waals surface area (Å²) < 4.78 is 2.12. The largest absolute Gasteiger partial charge is 0.365 e. The number of pyridine rings is 1. The number of hydrogen-bond acceptors (Lipinski definition) is 4. The second-order valence-electron chi connectivity index (χ2n) is 6.61. The fourth-order valence-corrected chi connectivity index (χ4v) is 3.52. The first kappa shape index (κ1) is 18.0. The van der Waals surface area contributed by atoms with Gasteiger partial charge in [-0.2, -0.15) is 5.26 Å². The molecule has 0 unspecified atom stereocenters. The number of fused-ring (bicyclic) bond motifs is 1. The predicted octanol–water partition coefficient (Wildman–Crippen LogP) is 4.64. The average Bonchev–Trinajstić information content (AvgIpc) is 3.14. The highest BCUT2D eigenvalue weighted by molar-refractivity contribution is 6.31. The lowest BCUT2D eigenvalue weighted by molar-refractivity contribution is 0.707. The van der Waals surface area contributed by atoms with Crippen LogP contribution in [0.2, 0.25) is 5.02 Å². The molecule has 0 aliphatic rings. The topological polar surface area (TPSA) is 57.7 Å². The van der Waals surface area contributed by atoms with Crippen LogP contribution in [0.1, 0.15) is 17.0 Å². The third-order valence-electron chi connectivity index (χ3n) is 4.68. The van der Waals surface area contributed by atoms with Gasteiger partial charge in [-0.05, 0) is 23.8 Å². The molecule has 0 N–H and O–H groups in total. The van der Waals surface area contributed by atoms with Gasteiger partial charge in [-0.3, -0.25) is 4.98 Å². The van der Waals surface area contributed by atoms with Crippen molar-refractivity contribution in [2.45, 2.75) is 13.1 Å². The average molecular weight is 388 g/mol. The number of aromatic nitrogens is 3. The molecule has 2 aromatic carbocycles. The van der Waals surface area contributed by atoms with Crippen LogP contribution in [0, 0.1) is 11.3 Å². The van der Waals surface area contributed by atoms with Crippen LogP contribution in [0.15, 0.2) is 67.1 Å². The van der Waals surface area contributed by atoms with Gasteiger partial charge < -0.3 is 9.47 Å². The molecule has 0 bridgehead atoms. The lowest BCUT2D eigenvalue weighted by Crippen LogP contribution is -2.21. The van der Waals surface area contributed by atoms with Gasteiger partial charge in [0.15, 0.2) is 0 Å². The van der Waals surface area contributed by atoms with Gasteiger partial charge in [0.2, 0.25) is 0 Å². The molecule has 0 aliphatic heterocycles. The van der Waals surface area contributed by atoms with Gasteiger partial charge in [-0.1, -0.05) is 41.9 Å². The van der Waals surface area contributed by atoms with Crippen LogP contribution in [-0.4, -0.2) is 21.6 Å². The molecule has 4 aromatic rings. The predicted molar refractivity (Wildman–Crippen MR) is 111 cm³/mol. The van der Waals surface area contributed by atoms with Crippen LogP contribution in [0.5, 0.6) is 0 Å². The Balaban J connectivity index is 1.69. The highest BCUT2D eigenvalue weighted by atomic mass is 35.5. The standard InChI is InChI=1S/C22H18ClN5/c1-27(15-21-25-9-10-28(21)14-16-5-3-2-4-6-16)22-17(12-24)13-26-20-8-7-18(23)11-19(20)22/h2-11,13H,14-15H2,1H3. The zero-order valence-electron chi connectivity index (χ0n) is 15.4. The quantitative estimate of drug-likeness (QED) is 0.500. The molecule has 0 saturated heterocycles. The number of anilines is 1. The summed E-state index contributed by atoms with van der Waals surface area (Å²) in [6, 6.07) is 18.0. The van der Waals surface area contributed by atoms with Crippen LogP contribution >= 0.6 is 11.6 Å². The first-order valence-electron chi connectivity index (χ1n) is 8.89. The van der Waals surface area contributed by atoms with Crippen molar-refractivity contribution < 1.29 is 0 Å². The van der Waals surface area contributed by atoms with E-state index in [0.717, 1.165) is 29.0 Å². The highest BCUT2D eigenvalue weighted by Crippen LogP contribution is 2.31. The van der Waals surface area contributed by atoms with E-state index in [1.165, 1.54) is 5.56 Å². The van der Waals surface area contributed by atoms with Crippen molar-refractivity contribution in [1.82, 2.24) is 14.5 Å². The van der Waals surface area contributed by atoms with Gasteiger partial charge in [0.05, 0.1) is 23.3 Å². The molecule has 0 fully saturated rings. The SMILES string of the molecule is CN(Cc1nccn1Cc1ccccc1)c1c(C#N)cnc2ccc(Cl)cc12. The maximum Gasteiger partial charge on any atom is 0.128 e. The van der Waals surface area contributed by atoms with E-state index in [1.54, 1.807) is 18.5 Å². The van der Waals surface area contributed by atoms with E-state index in [0.29, 0.717) is 17.1 Å². The van der Waals surface area contributed by atoms with E-state index in [-0.39, 0.29) is 0 Å². The van der Waals surface area contributed by atoms with Crippen LogP contribution in [0.3, 0.4) is 0 Å². The summed E-state index contributed by atoms with van der Waals surface area (Å²) in [4.78, 5) is 10.9. The van der Waals surface area contributed by atoms with E-state index >= 15 is 0 Å². The minimum atomic E-state index is 0.512. The minimum absolute atomic E-state index is 0.512. The minimum Gasteiger partial charge on any atom is -0.365 e. The third kappa shape index (κ3) is 3.55. The molecule has 2 heterocycles. The Morgan fingerprint density at radius 2 is 1.96 bits per heavy atom. The molecule has 0 saturated carbocycles. The van der Waals surface area contributed by atoms with Crippen molar-refractivity contribution in [2.75, 3.05) is 11.9 Å². The van der Waals surface area contributed by atoms with E-state index in [1.807, 2.05) is 48.5 Å². The summed E-state index contributed by atoms with van der Waals surface area (Å²) in [6.07, 6.45) is 5.39. The number of benzene rings is 2. The lowest BCUT2D eigenvalue weighted by atomic mass is 10.1. The summed E-state index contributed by atoms with van der Waals surface area (Å²) in [7, 11) is 1.96. The lowest BCUT2D eigenvalue weighted by Gasteiger charge is -2.22. The Kier molecular flexibility index (Phi) is 4.96. The van der Waals surface area contributed by atoms with Crippen LogP contribution in [0.4, 0.5) is 5.69 Å². The normalized spacial score (nSPS) is 10.8. The fourth-order valence-electron chi connectivity index (χ4n) is 3.35. The Labute approximate surface area is 168 Å². The van der Waals surface area contributed by atoms with Crippen molar-refractivity contribution >= 4 is 28.2 Å². The summed E-state index contributed by atoms with van der Waals surface area (Å²) in [5.41, 5.74) is 3.34. The summed E-state index contributed by atoms with van der Waals surface area (Å²) in [5.74, 6) is 0.919. The second kappa shape index (κ2) is 7.71. The zero-order chi connectivity index (χ0) is 19.5. The van der Waals surface area contributed by atoms with Gasteiger partial charge in [0.1, 0.15) is 11.9 Å². The van der Waals surface area contributed by atoms with Crippen molar-refractivity contribution in [3.8, 4) is 6.07 Å². The van der Waals surface area contributed by atoms with Gasteiger partial charge in [0, 0.05) is 42.6 Å². The molecular formula is C22H18ClN5. The molecule has 2 aromatic heterocycles. The van der Waals surface area contributed by atoms with Gasteiger partial charge in [-0.15, -0.1) is 0 Å². The summed E-state index contributed by atoms with van der Waals surface area (Å²) in [5, 5.41) is 11.1. The number of nitriles is 1. The molecule has 138 valence electrons. The van der Waals surface area contributed by atoms with Crippen molar-refractivity contribution in [3.05, 3.63) is 89.1 Å². The monoisotopic (exact) mass is 387 g/mol. The number of hydrogen-bond donors (Lipinski definition) is 0. The number of halogens is 1. The summed E-state index contributed by atoms with van der Waals surface area (Å²) in [6.45, 7) is 1.30. The molecule has 0 spiro atoms. The highest BCUT2D eigenvalue weighted by Gasteiger charge is 2.16. The maximum atomic E-state index is 9.60. The fraction of sp³-hybridized carbons (Fsp3) is 0.136. The summed E-state index contributed by atoms with van der Waals surface area (Å²) >= 11 is 6.20. The third-order valence-corrected chi connectivity index (χ3v) is 4.91. The van der Waals surface area contributed by atoms with Crippen molar-refractivity contribution in [1.29, 1.82) is 5.26 Å². The first-order valence-corrected chi connectivity index (χ1v) is 9.27. The maximum absolute atomic E-state index is 9.60. The Morgan fingerprint density at radius 3 is 2.75 bits per heavy atom. The molecule has 4 rings (SSSR count). The van der Waals surface area contributed by atoms with E-state index in [2.05, 4.69) is 32.7 Å². The van der Waals surface area contributed by atoms with E-state index in [4.69, 9.17) is 11.6 Å². The van der Waals surface area contributed by atoms with Crippen LogP contribution in [-0.2, 0) is 13.1 Å². The van der Waals surface area contributed by atoms with Gasteiger partial charge in [-0.25, -0.2) is 4.98 Å². The Bertz CT molecular complexity index is 1160. The number of rotatable bonds is 5. The van der Waals surface area contributed by atoms with Crippen molar-refractivity contribution in [3.63, 3.8) is 0 Å². The van der Waals surface area contributed by atoms with Crippen molar-refractivity contribution in [2.24, 2.45) is 0 Å². The molecule has 6 heteroatoms. The van der Waals surface area contributed by atoms with Crippen LogP contribution < -0.4 is 4.90 Å². The first-order chi connectivity index (χ1) is 13.7. The molecule has 0 atom stereocenters. The van der Waals surface area contributed by atoms with Gasteiger partial charge in [0.25, 0.3) is 0 Å². The Hall–Kier alpha value is -3.36. The molecular weight excluding hydrogens is 370 g/mol. The second-order valence-corrected chi connectivity index (χ2v) is 7.04. The Morgan fingerprint density at radius 1 is 1.14 bits per heavy atom. The molecule has 5 nitrogen and oxygen atoms in total. The smallest absolute Gasteiger partial charge is 0.128 e. The van der Waals surface area contributed by atoms with Gasteiger partial charge >= 0.3 is 0 Å². The molecule has 0 amide bonds. The molecule has 0 radical (unpaired) electrons. The van der Waals surface area contributed by atoms with Crippen LogP contribution in [0.25, 0.3) is 10.9 Å². The zero-order valence-corrected chi connectivity index (χ0v) is 16.1. The number of nitrogens with zero attached hydrogens (tertiary/aromatic N) is 5. The van der Waals surface area contributed by atoms with E-state index in [9.17, 15) is 5.26 Å². The number of imidazole rings is 1.